The topological polar surface area (TPSA) is 59.2 Å². The van der Waals surface area contributed by atoms with Gasteiger partial charge in [-0.3, -0.25) is 4.79 Å². The molecular weight excluding hydrogens is 346 g/mol. The van der Waals surface area contributed by atoms with Gasteiger partial charge in [-0.1, -0.05) is 23.4 Å². The third kappa shape index (κ3) is 3.55. The van der Waals surface area contributed by atoms with Crippen LogP contribution in [0.4, 0.5) is 0 Å². The van der Waals surface area contributed by atoms with E-state index in [4.69, 9.17) is 4.52 Å². The van der Waals surface area contributed by atoms with Crippen LogP contribution in [0, 0.1) is 12.8 Å². The Bertz CT molecular complexity index is 888. The van der Waals surface area contributed by atoms with Crippen molar-refractivity contribution in [3.63, 3.8) is 0 Å². The minimum atomic E-state index is 0.122. The first kappa shape index (κ1) is 17.0. The average Bonchev–Trinajstić information content (AvgIpc) is 3.33. The molecule has 1 aliphatic heterocycles. The minimum absolute atomic E-state index is 0.122. The van der Waals surface area contributed by atoms with Gasteiger partial charge in [-0.15, -0.1) is 0 Å². The second-order valence-corrected chi connectivity index (χ2v) is 7.58. The normalized spacial score (nSPS) is 17.4. The van der Waals surface area contributed by atoms with Crippen LogP contribution in [0.15, 0.2) is 45.6 Å². The van der Waals surface area contributed by atoms with Gasteiger partial charge in [0.2, 0.25) is 11.7 Å². The molecule has 5 nitrogen and oxygen atoms in total. The molecule has 3 heterocycles. The first-order chi connectivity index (χ1) is 12.7. The quantitative estimate of drug-likeness (QED) is 0.693. The van der Waals surface area contributed by atoms with Crippen molar-refractivity contribution in [2.75, 3.05) is 13.1 Å². The van der Waals surface area contributed by atoms with E-state index in [0.717, 1.165) is 42.6 Å². The summed E-state index contributed by atoms with van der Waals surface area (Å²) in [5.74, 6) is 1.77. The Morgan fingerprint density at radius 3 is 3.04 bits per heavy atom. The van der Waals surface area contributed by atoms with E-state index in [1.54, 1.807) is 11.3 Å². The lowest BCUT2D eigenvalue weighted by atomic mass is 9.94. The fourth-order valence-corrected chi connectivity index (χ4v) is 4.13. The Labute approximate surface area is 156 Å². The largest absolute Gasteiger partial charge is 0.339 e. The van der Waals surface area contributed by atoms with Crippen molar-refractivity contribution in [3.8, 4) is 11.4 Å². The number of aryl methyl sites for hydroxylation is 1. The fourth-order valence-electron chi connectivity index (χ4n) is 3.49. The lowest BCUT2D eigenvalue weighted by Crippen LogP contribution is -2.40. The van der Waals surface area contributed by atoms with Crippen LogP contribution in [0.3, 0.4) is 0 Å². The Balaban J connectivity index is 1.42. The summed E-state index contributed by atoms with van der Waals surface area (Å²) in [5.41, 5.74) is 2.81. The van der Waals surface area contributed by atoms with Gasteiger partial charge in [-0.25, -0.2) is 0 Å². The third-order valence-electron chi connectivity index (χ3n) is 4.89. The van der Waals surface area contributed by atoms with Gasteiger partial charge in [0, 0.05) is 36.0 Å². The minimum Gasteiger partial charge on any atom is -0.339 e. The zero-order valence-corrected chi connectivity index (χ0v) is 15.5. The summed E-state index contributed by atoms with van der Waals surface area (Å²) in [4.78, 5) is 19.3. The fraction of sp³-hybridized carbons (Fsp3) is 0.350. The number of aromatic nitrogens is 2. The molecule has 26 heavy (non-hydrogen) atoms. The molecule has 0 spiro atoms. The standard InChI is InChI=1S/C20H21N3O2S/c1-14-5-2-3-7-17(14)20(24)23-9-4-6-15(12-23)11-18-21-19(22-25-18)16-8-10-26-13-16/h2-3,5,7-8,10,13,15H,4,6,9,11-12H2,1H3. The van der Waals surface area contributed by atoms with Gasteiger partial charge in [-0.2, -0.15) is 16.3 Å². The van der Waals surface area contributed by atoms with Gasteiger partial charge in [0.05, 0.1) is 0 Å². The molecule has 0 bridgehead atoms. The maximum atomic E-state index is 12.9. The maximum Gasteiger partial charge on any atom is 0.254 e. The molecule has 3 aromatic rings. The second-order valence-electron chi connectivity index (χ2n) is 6.80. The average molecular weight is 367 g/mol. The number of thiophene rings is 1. The summed E-state index contributed by atoms with van der Waals surface area (Å²) in [7, 11) is 0. The van der Waals surface area contributed by atoms with Gasteiger partial charge in [0.1, 0.15) is 0 Å². The predicted molar refractivity (Wildman–Crippen MR) is 101 cm³/mol. The molecule has 6 heteroatoms. The smallest absolute Gasteiger partial charge is 0.254 e. The molecular formula is C20H21N3O2S. The molecule has 1 saturated heterocycles. The molecule has 1 aliphatic rings. The monoisotopic (exact) mass is 367 g/mol. The van der Waals surface area contributed by atoms with Crippen LogP contribution < -0.4 is 0 Å². The Kier molecular flexibility index (Phi) is 4.84. The van der Waals surface area contributed by atoms with E-state index in [1.807, 2.05) is 52.9 Å². The zero-order chi connectivity index (χ0) is 17.9. The van der Waals surface area contributed by atoms with Crippen LogP contribution in [0.2, 0.25) is 0 Å². The summed E-state index contributed by atoms with van der Waals surface area (Å²) in [6, 6.07) is 9.77. The summed E-state index contributed by atoms with van der Waals surface area (Å²) in [5, 5.41) is 8.09. The highest BCUT2D eigenvalue weighted by Crippen LogP contribution is 2.24. The molecule has 0 saturated carbocycles. The number of nitrogens with zero attached hydrogens (tertiary/aromatic N) is 3. The van der Waals surface area contributed by atoms with Gasteiger partial charge in [0.15, 0.2) is 0 Å². The number of piperidine rings is 1. The van der Waals surface area contributed by atoms with E-state index in [0.29, 0.717) is 24.1 Å². The van der Waals surface area contributed by atoms with Crippen molar-refractivity contribution >= 4 is 17.2 Å². The van der Waals surface area contributed by atoms with Crippen LogP contribution in [-0.2, 0) is 6.42 Å². The van der Waals surface area contributed by atoms with E-state index in [2.05, 4.69) is 10.1 Å². The summed E-state index contributed by atoms with van der Waals surface area (Å²) >= 11 is 1.62. The molecule has 4 rings (SSSR count). The SMILES string of the molecule is Cc1ccccc1C(=O)N1CCCC(Cc2nc(-c3ccsc3)no2)C1. The number of likely N-dealkylation sites (tertiary alicyclic amines) is 1. The number of hydrogen-bond acceptors (Lipinski definition) is 5. The lowest BCUT2D eigenvalue weighted by molar-refractivity contribution is 0.0667. The number of rotatable bonds is 4. The lowest BCUT2D eigenvalue weighted by Gasteiger charge is -2.32. The zero-order valence-electron chi connectivity index (χ0n) is 14.7. The van der Waals surface area contributed by atoms with Crippen LogP contribution in [0.1, 0.15) is 34.7 Å². The van der Waals surface area contributed by atoms with Crippen molar-refractivity contribution in [2.24, 2.45) is 5.92 Å². The Hall–Kier alpha value is -2.47. The van der Waals surface area contributed by atoms with Crippen molar-refractivity contribution in [3.05, 3.63) is 58.1 Å². The van der Waals surface area contributed by atoms with Crippen molar-refractivity contribution < 1.29 is 9.32 Å². The van der Waals surface area contributed by atoms with Crippen molar-refractivity contribution in [2.45, 2.75) is 26.2 Å². The number of hydrogen-bond donors (Lipinski definition) is 0. The number of carbonyl (C=O) groups is 1. The van der Waals surface area contributed by atoms with Gasteiger partial charge in [0.25, 0.3) is 5.91 Å². The van der Waals surface area contributed by atoms with Crippen molar-refractivity contribution in [1.29, 1.82) is 0 Å². The highest BCUT2D eigenvalue weighted by Gasteiger charge is 2.26. The molecule has 1 atom stereocenters. The molecule has 1 unspecified atom stereocenters. The first-order valence-corrected chi connectivity index (χ1v) is 9.85. The second kappa shape index (κ2) is 7.41. The molecule has 0 aliphatic carbocycles. The third-order valence-corrected chi connectivity index (χ3v) is 5.58. The van der Waals surface area contributed by atoms with E-state index >= 15 is 0 Å². The molecule has 0 N–H and O–H groups in total. The van der Waals surface area contributed by atoms with Gasteiger partial charge >= 0.3 is 0 Å². The number of amides is 1. The Morgan fingerprint density at radius 2 is 2.23 bits per heavy atom. The number of carbonyl (C=O) groups excluding carboxylic acids is 1. The first-order valence-electron chi connectivity index (χ1n) is 8.91. The number of benzene rings is 1. The van der Waals surface area contributed by atoms with Gasteiger partial charge < -0.3 is 9.42 Å². The van der Waals surface area contributed by atoms with Crippen molar-refractivity contribution in [1.82, 2.24) is 15.0 Å². The molecule has 0 radical (unpaired) electrons. The van der Waals surface area contributed by atoms with Gasteiger partial charge in [-0.05, 0) is 48.8 Å². The molecule has 2 aromatic heterocycles. The summed E-state index contributed by atoms with van der Waals surface area (Å²) in [6.07, 6.45) is 2.80. The molecule has 1 aromatic carbocycles. The van der Waals surface area contributed by atoms with E-state index in [1.165, 1.54) is 0 Å². The van der Waals surface area contributed by atoms with E-state index < -0.39 is 0 Å². The highest BCUT2D eigenvalue weighted by molar-refractivity contribution is 7.08. The maximum absolute atomic E-state index is 12.9. The van der Waals surface area contributed by atoms with Crippen LogP contribution in [-0.4, -0.2) is 34.0 Å². The van der Waals surface area contributed by atoms with Crippen LogP contribution in [0.5, 0.6) is 0 Å². The highest BCUT2D eigenvalue weighted by atomic mass is 32.1. The predicted octanol–water partition coefficient (Wildman–Crippen LogP) is 4.20. The van der Waals surface area contributed by atoms with E-state index in [-0.39, 0.29) is 5.91 Å². The summed E-state index contributed by atoms with van der Waals surface area (Å²) < 4.78 is 5.43. The molecule has 134 valence electrons. The van der Waals surface area contributed by atoms with E-state index in [9.17, 15) is 4.79 Å². The van der Waals surface area contributed by atoms with Crippen LogP contribution in [0.25, 0.3) is 11.4 Å². The molecule has 1 amide bonds. The van der Waals surface area contributed by atoms with Crippen LogP contribution >= 0.6 is 11.3 Å². The summed E-state index contributed by atoms with van der Waals surface area (Å²) in [6.45, 7) is 3.54. The molecule has 1 fully saturated rings. The Morgan fingerprint density at radius 1 is 1.35 bits per heavy atom.